The Balaban J connectivity index is 2.35. The Bertz CT molecular complexity index is 481. The first-order chi connectivity index (χ1) is 8.71. The molecule has 19 heavy (non-hydrogen) atoms. The van der Waals surface area contributed by atoms with E-state index in [0.717, 1.165) is 5.69 Å². The maximum Gasteiger partial charge on any atom is 0.150 e. The van der Waals surface area contributed by atoms with Crippen molar-refractivity contribution in [1.82, 2.24) is 0 Å². The highest BCUT2D eigenvalue weighted by Crippen LogP contribution is 2.31. The highest BCUT2D eigenvalue weighted by Gasteiger charge is 2.38. The monoisotopic (exact) mass is 265 g/mol. The molecule has 1 aromatic carbocycles. The molecule has 0 radical (unpaired) electrons. The van der Waals surface area contributed by atoms with Crippen LogP contribution >= 0.6 is 0 Å². The van der Waals surface area contributed by atoms with Gasteiger partial charge in [-0.05, 0) is 45.9 Å². The summed E-state index contributed by atoms with van der Waals surface area (Å²) >= 11 is 0. The topological polar surface area (TPSA) is 29.5 Å². The number of hydrogen-bond donors (Lipinski definition) is 0. The average Bonchev–Trinajstić information content (AvgIpc) is 2.24. The Morgan fingerprint density at radius 1 is 1.16 bits per heavy atom. The average molecular weight is 265 g/mol. The zero-order valence-corrected chi connectivity index (χ0v) is 11.9. The van der Waals surface area contributed by atoms with Gasteiger partial charge in [0.15, 0.2) is 0 Å². The quantitative estimate of drug-likeness (QED) is 0.770. The van der Waals surface area contributed by atoms with Crippen LogP contribution in [-0.4, -0.2) is 30.6 Å². The molecule has 1 saturated heterocycles. The third-order valence-corrected chi connectivity index (χ3v) is 3.10. The molecular formula is C15H20FNO2. The normalized spacial score (nSPS) is 21.2. The van der Waals surface area contributed by atoms with Crippen molar-refractivity contribution in [1.29, 1.82) is 0 Å². The Hall–Kier alpha value is -1.42. The Morgan fingerprint density at radius 2 is 1.74 bits per heavy atom. The van der Waals surface area contributed by atoms with Crippen molar-refractivity contribution in [2.75, 3.05) is 18.0 Å². The van der Waals surface area contributed by atoms with Gasteiger partial charge in [0.05, 0.1) is 11.2 Å². The number of halogens is 1. The van der Waals surface area contributed by atoms with Gasteiger partial charge >= 0.3 is 0 Å². The van der Waals surface area contributed by atoms with E-state index in [1.54, 1.807) is 6.07 Å². The molecule has 0 aliphatic carbocycles. The molecule has 0 spiro atoms. The number of benzene rings is 1. The summed E-state index contributed by atoms with van der Waals surface area (Å²) < 4.78 is 19.5. The fourth-order valence-corrected chi connectivity index (χ4v) is 2.82. The molecule has 0 unspecified atom stereocenters. The van der Waals surface area contributed by atoms with Crippen LogP contribution in [0.2, 0.25) is 0 Å². The summed E-state index contributed by atoms with van der Waals surface area (Å²) in [5, 5.41) is 0. The van der Waals surface area contributed by atoms with Crippen molar-refractivity contribution in [2.45, 2.75) is 38.9 Å². The van der Waals surface area contributed by atoms with Gasteiger partial charge in [-0.1, -0.05) is 0 Å². The number of aldehydes is 1. The lowest BCUT2D eigenvalue weighted by Crippen LogP contribution is -2.57. The van der Waals surface area contributed by atoms with Gasteiger partial charge in [-0.15, -0.1) is 0 Å². The zero-order chi connectivity index (χ0) is 14.3. The summed E-state index contributed by atoms with van der Waals surface area (Å²) in [5.41, 5.74) is 0.466. The highest BCUT2D eigenvalue weighted by molar-refractivity contribution is 5.77. The second kappa shape index (κ2) is 4.60. The minimum atomic E-state index is -0.387. The van der Waals surface area contributed by atoms with Crippen LogP contribution < -0.4 is 4.90 Å². The molecule has 0 bridgehead atoms. The minimum Gasteiger partial charge on any atom is -0.366 e. The van der Waals surface area contributed by atoms with Crippen LogP contribution in [0.15, 0.2) is 18.2 Å². The molecule has 2 rings (SSSR count). The number of carbonyl (C=O) groups is 1. The van der Waals surface area contributed by atoms with Gasteiger partial charge in [0.25, 0.3) is 0 Å². The standard InChI is InChI=1S/C15H20FNO2/c1-14(2)9-17(10-15(3,4)19-14)13-6-11(8-18)5-12(16)7-13/h5-8H,9-10H2,1-4H3. The van der Waals surface area contributed by atoms with Gasteiger partial charge in [-0.2, -0.15) is 0 Å². The van der Waals surface area contributed by atoms with E-state index in [1.165, 1.54) is 12.1 Å². The number of nitrogens with zero attached hydrogens (tertiary/aromatic N) is 1. The molecule has 0 amide bonds. The molecule has 1 aliphatic heterocycles. The van der Waals surface area contributed by atoms with Crippen LogP contribution in [0.1, 0.15) is 38.1 Å². The van der Waals surface area contributed by atoms with E-state index in [-0.39, 0.29) is 17.0 Å². The van der Waals surface area contributed by atoms with Crippen LogP contribution in [0.4, 0.5) is 10.1 Å². The molecule has 0 N–H and O–H groups in total. The van der Waals surface area contributed by atoms with E-state index in [4.69, 9.17) is 4.74 Å². The first-order valence-corrected chi connectivity index (χ1v) is 6.42. The number of rotatable bonds is 2. The molecule has 0 saturated carbocycles. The SMILES string of the molecule is CC1(C)CN(c2cc(F)cc(C=O)c2)CC(C)(C)O1. The Labute approximate surface area is 113 Å². The fourth-order valence-electron chi connectivity index (χ4n) is 2.82. The number of ether oxygens (including phenoxy) is 1. The molecular weight excluding hydrogens is 245 g/mol. The van der Waals surface area contributed by atoms with E-state index < -0.39 is 0 Å². The lowest BCUT2D eigenvalue weighted by molar-refractivity contribution is -0.133. The van der Waals surface area contributed by atoms with Crippen molar-refractivity contribution in [3.63, 3.8) is 0 Å². The number of morpholine rings is 1. The van der Waals surface area contributed by atoms with Crippen molar-refractivity contribution in [3.05, 3.63) is 29.6 Å². The van der Waals surface area contributed by atoms with Gasteiger partial charge in [0.2, 0.25) is 0 Å². The van der Waals surface area contributed by atoms with Crippen molar-refractivity contribution in [3.8, 4) is 0 Å². The molecule has 104 valence electrons. The molecule has 1 aromatic rings. The van der Waals surface area contributed by atoms with Crippen LogP contribution in [0.5, 0.6) is 0 Å². The van der Waals surface area contributed by atoms with Gasteiger partial charge in [0, 0.05) is 24.3 Å². The second-order valence-corrected chi connectivity index (χ2v) is 6.34. The summed E-state index contributed by atoms with van der Waals surface area (Å²) in [5.74, 6) is -0.387. The van der Waals surface area contributed by atoms with E-state index in [0.29, 0.717) is 24.9 Å². The largest absolute Gasteiger partial charge is 0.366 e. The van der Waals surface area contributed by atoms with Gasteiger partial charge in [0.1, 0.15) is 12.1 Å². The maximum atomic E-state index is 13.5. The van der Waals surface area contributed by atoms with Crippen LogP contribution in [0, 0.1) is 5.82 Å². The van der Waals surface area contributed by atoms with Gasteiger partial charge in [-0.25, -0.2) is 4.39 Å². The van der Waals surface area contributed by atoms with E-state index in [1.807, 2.05) is 27.7 Å². The van der Waals surface area contributed by atoms with Crippen molar-refractivity contribution >= 4 is 12.0 Å². The fraction of sp³-hybridized carbons (Fsp3) is 0.533. The van der Waals surface area contributed by atoms with E-state index in [2.05, 4.69) is 4.90 Å². The molecule has 0 aromatic heterocycles. The third kappa shape index (κ3) is 3.32. The Kier molecular flexibility index (Phi) is 3.39. The lowest BCUT2D eigenvalue weighted by Gasteiger charge is -2.48. The first kappa shape index (κ1) is 14.0. The number of hydrogen-bond acceptors (Lipinski definition) is 3. The first-order valence-electron chi connectivity index (χ1n) is 6.42. The number of carbonyl (C=O) groups excluding carboxylic acids is 1. The predicted octanol–water partition coefficient (Wildman–Crippen LogP) is 3.03. The molecule has 1 aliphatic rings. The molecule has 1 heterocycles. The predicted molar refractivity (Wildman–Crippen MR) is 73.2 cm³/mol. The van der Waals surface area contributed by atoms with Crippen LogP contribution in [-0.2, 0) is 4.74 Å². The summed E-state index contributed by atoms with van der Waals surface area (Å²) in [6.07, 6.45) is 0.670. The second-order valence-electron chi connectivity index (χ2n) is 6.34. The third-order valence-electron chi connectivity index (χ3n) is 3.10. The zero-order valence-electron chi connectivity index (χ0n) is 11.9. The summed E-state index contributed by atoms with van der Waals surface area (Å²) in [4.78, 5) is 12.9. The van der Waals surface area contributed by atoms with Crippen molar-refractivity contribution in [2.24, 2.45) is 0 Å². The molecule has 0 atom stereocenters. The highest BCUT2D eigenvalue weighted by atomic mass is 19.1. The molecule has 4 heteroatoms. The van der Waals surface area contributed by atoms with E-state index in [9.17, 15) is 9.18 Å². The summed E-state index contributed by atoms with van der Waals surface area (Å²) in [6.45, 7) is 9.39. The molecule has 1 fully saturated rings. The minimum absolute atomic E-state index is 0.310. The molecule has 3 nitrogen and oxygen atoms in total. The maximum absolute atomic E-state index is 13.5. The van der Waals surface area contributed by atoms with Crippen LogP contribution in [0.3, 0.4) is 0 Å². The van der Waals surface area contributed by atoms with Gasteiger partial charge < -0.3 is 9.64 Å². The van der Waals surface area contributed by atoms with Gasteiger partial charge in [-0.3, -0.25) is 4.79 Å². The summed E-state index contributed by atoms with van der Waals surface area (Å²) in [6, 6.07) is 4.42. The Morgan fingerprint density at radius 3 is 2.26 bits per heavy atom. The van der Waals surface area contributed by atoms with Crippen molar-refractivity contribution < 1.29 is 13.9 Å². The lowest BCUT2D eigenvalue weighted by atomic mass is 9.98. The summed E-state index contributed by atoms with van der Waals surface area (Å²) in [7, 11) is 0. The number of anilines is 1. The smallest absolute Gasteiger partial charge is 0.150 e. The van der Waals surface area contributed by atoms with Crippen LogP contribution in [0.25, 0.3) is 0 Å². The van der Waals surface area contributed by atoms with E-state index >= 15 is 0 Å².